The quantitative estimate of drug-likeness (QED) is 0.727. The summed E-state index contributed by atoms with van der Waals surface area (Å²) >= 11 is 1.59. The molecular formula is C15H14OS. The summed E-state index contributed by atoms with van der Waals surface area (Å²) in [7, 11) is 0. The van der Waals surface area contributed by atoms with E-state index in [1.54, 1.807) is 11.3 Å². The van der Waals surface area contributed by atoms with Crippen molar-refractivity contribution in [3.05, 3.63) is 45.8 Å². The molecule has 0 N–H and O–H groups in total. The SMILES string of the molecule is Cc1cc(C=O)sc1-c1ccc2c(c1)CCC2. The Bertz CT molecular complexity index is 581. The maximum Gasteiger partial charge on any atom is 0.160 e. The van der Waals surface area contributed by atoms with Crippen molar-refractivity contribution in [3.63, 3.8) is 0 Å². The molecule has 0 saturated heterocycles. The number of hydrogen-bond donors (Lipinski definition) is 0. The van der Waals surface area contributed by atoms with Gasteiger partial charge in [-0.25, -0.2) is 0 Å². The smallest absolute Gasteiger partial charge is 0.160 e. The molecule has 1 aromatic heterocycles. The van der Waals surface area contributed by atoms with E-state index in [1.807, 2.05) is 6.07 Å². The summed E-state index contributed by atoms with van der Waals surface area (Å²) < 4.78 is 0. The van der Waals surface area contributed by atoms with Gasteiger partial charge < -0.3 is 0 Å². The highest BCUT2D eigenvalue weighted by Crippen LogP contribution is 2.34. The first-order valence-corrected chi connectivity index (χ1v) is 6.77. The first kappa shape index (κ1) is 10.7. The van der Waals surface area contributed by atoms with Crippen LogP contribution in [0, 0.1) is 6.92 Å². The van der Waals surface area contributed by atoms with Gasteiger partial charge in [-0.05, 0) is 54.5 Å². The number of aryl methyl sites for hydroxylation is 3. The van der Waals surface area contributed by atoms with E-state index in [2.05, 4.69) is 25.1 Å². The topological polar surface area (TPSA) is 17.1 Å². The molecule has 1 heterocycles. The molecule has 0 bridgehead atoms. The first-order chi connectivity index (χ1) is 8.28. The van der Waals surface area contributed by atoms with Gasteiger partial charge in [-0.2, -0.15) is 0 Å². The van der Waals surface area contributed by atoms with E-state index in [1.165, 1.54) is 46.4 Å². The number of carbonyl (C=O) groups is 1. The minimum atomic E-state index is 0.818. The summed E-state index contributed by atoms with van der Waals surface area (Å²) in [6.07, 6.45) is 4.64. The Kier molecular flexibility index (Phi) is 2.60. The lowest BCUT2D eigenvalue weighted by Gasteiger charge is -2.04. The Morgan fingerprint density at radius 1 is 1.18 bits per heavy atom. The second-order valence-corrected chi connectivity index (χ2v) is 5.70. The number of benzene rings is 1. The van der Waals surface area contributed by atoms with Crippen LogP contribution in [0.4, 0.5) is 0 Å². The molecule has 17 heavy (non-hydrogen) atoms. The van der Waals surface area contributed by atoms with E-state index in [9.17, 15) is 4.79 Å². The standard InChI is InChI=1S/C15H14OS/c1-10-7-14(9-16)17-15(10)13-6-5-11-3-2-4-12(11)8-13/h5-9H,2-4H2,1H3. The molecule has 0 unspecified atom stereocenters. The fourth-order valence-corrected chi connectivity index (χ4v) is 3.55. The molecule has 3 rings (SSSR count). The normalized spacial score (nSPS) is 13.7. The maximum atomic E-state index is 10.8. The molecule has 0 radical (unpaired) electrons. The molecule has 1 aliphatic carbocycles. The third-order valence-electron chi connectivity index (χ3n) is 3.41. The van der Waals surface area contributed by atoms with Gasteiger partial charge in [0.15, 0.2) is 6.29 Å². The van der Waals surface area contributed by atoms with E-state index >= 15 is 0 Å². The summed E-state index contributed by atoms with van der Waals surface area (Å²) in [5, 5.41) is 0. The van der Waals surface area contributed by atoms with Crippen LogP contribution >= 0.6 is 11.3 Å². The lowest BCUT2D eigenvalue weighted by Crippen LogP contribution is -1.83. The van der Waals surface area contributed by atoms with Gasteiger partial charge in [0.25, 0.3) is 0 Å². The van der Waals surface area contributed by atoms with Crippen LogP contribution in [-0.4, -0.2) is 6.29 Å². The summed E-state index contributed by atoms with van der Waals surface area (Å²) in [6, 6.07) is 8.71. The first-order valence-electron chi connectivity index (χ1n) is 5.96. The Balaban J connectivity index is 2.08. The summed E-state index contributed by atoms with van der Waals surface area (Å²) in [6.45, 7) is 2.08. The molecule has 1 aromatic carbocycles. The molecule has 1 nitrogen and oxygen atoms in total. The van der Waals surface area contributed by atoms with Crippen LogP contribution in [-0.2, 0) is 12.8 Å². The van der Waals surface area contributed by atoms with E-state index in [-0.39, 0.29) is 0 Å². The van der Waals surface area contributed by atoms with Crippen molar-refractivity contribution in [3.8, 4) is 10.4 Å². The van der Waals surface area contributed by atoms with Crippen molar-refractivity contribution in [2.24, 2.45) is 0 Å². The van der Waals surface area contributed by atoms with Crippen molar-refractivity contribution in [2.45, 2.75) is 26.2 Å². The van der Waals surface area contributed by atoms with Crippen molar-refractivity contribution < 1.29 is 4.79 Å². The van der Waals surface area contributed by atoms with Crippen molar-refractivity contribution in [1.82, 2.24) is 0 Å². The molecule has 2 heteroatoms. The van der Waals surface area contributed by atoms with E-state index in [0.29, 0.717) is 0 Å². The van der Waals surface area contributed by atoms with Crippen molar-refractivity contribution in [2.75, 3.05) is 0 Å². The van der Waals surface area contributed by atoms with Gasteiger partial charge in [0.1, 0.15) is 0 Å². The van der Waals surface area contributed by atoms with Crippen LogP contribution in [0.15, 0.2) is 24.3 Å². The van der Waals surface area contributed by atoms with Crippen LogP contribution in [0.5, 0.6) is 0 Å². The number of fused-ring (bicyclic) bond motifs is 1. The Labute approximate surface area is 105 Å². The predicted molar refractivity (Wildman–Crippen MR) is 71.9 cm³/mol. The summed E-state index contributed by atoms with van der Waals surface area (Å²) in [5.74, 6) is 0. The highest BCUT2D eigenvalue weighted by Gasteiger charge is 2.13. The number of rotatable bonds is 2. The summed E-state index contributed by atoms with van der Waals surface area (Å²) in [4.78, 5) is 12.9. The van der Waals surface area contributed by atoms with Crippen LogP contribution in [0.3, 0.4) is 0 Å². The largest absolute Gasteiger partial charge is 0.297 e. The van der Waals surface area contributed by atoms with Gasteiger partial charge >= 0.3 is 0 Å². The molecule has 0 fully saturated rings. The van der Waals surface area contributed by atoms with Gasteiger partial charge in [-0.15, -0.1) is 11.3 Å². The maximum absolute atomic E-state index is 10.8. The Hall–Kier alpha value is -1.41. The van der Waals surface area contributed by atoms with Crippen LogP contribution < -0.4 is 0 Å². The van der Waals surface area contributed by atoms with Gasteiger partial charge in [0.05, 0.1) is 4.88 Å². The minimum absolute atomic E-state index is 0.818. The molecule has 2 aromatic rings. The zero-order chi connectivity index (χ0) is 11.8. The van der Waals surface area contributed by atoms with Crippen molar-refractivity contribution in [1.29, 1.82) is 0 Å². The predicted octanol–water partition coefficient (Wildman–Crippen LogP) is 4.02. The monoisotopic (exact) mass is 242 g/mol. The highest BCUT2D eigenvalue weighted by molar-refractivity contribution is 7.17. The van der Waals surface area contributed by atoms with Crippen LogP contribution in [0.1, 0.15) is 32.8 Å². The molecule has 0 saturated carbocycles. The number of aldehydes is 1. The molecule has 0 spiro atoms. The van der Waals surface area contributed by atoms with Gasteiger partial charge in [0.2, 0.25) is 0 Å². The molecule has 1 aliphatic rings. The second-order valence-electron chi connectivity index (χ2n) is 4.62. The second kappa shape index (κ2) is 4.11. The minimum Gasteiger partial charge on any atom is -0.297 e. The Morgan fingerprint density at radius 2 is 2.00 bits per heavy atom. The lowest BCUT2D eigenvalue weighted by atomic mass is 10.0. The average Bonchev–Trinajstić information content (AvgIpc) is 2.93. The average molecular weight is 242 g/mol. The van der Waals surface area contributed by atoms with Gasteiger partial charge in [-0.3, -0.25) is 4.79 Å². The van der Waals surface area contributed by atoms with Gasteiger partial charge in [-0.1, -0.05) is 18.2 Å². The van der Waals surface area contributed by atoms with Crippen LogP contribution in [0.25, 0.3) is 10.4 Å². The number of thiophene rings is 1. The molecule has 0 atom stereocenters. The lowest BCUT2D eigenvalue weighted by molar-refractivity contribution is 0.112. The van der Waals surface area contributed by atoms with Crippen molar-refractivity contribution >= 4 is 17.6 Å². The molecule has 0 aliphatic heterocycles. The number of hydrogen-bond acceptors (Lipinski definition) is 2. The third-order valence-corrected chi connectivity index (χ3v) is 4.63. The number of carbonyl (C=O) groups excluding carboxylic acids is 1. The summed E-state index contributed by atoms with van der Waals surface area (Å²) in [5.41, 5.74) is 5.46. The zero-order valence-corrected chi connectivity index (χ0v) is 10.6. The van der Waals surface area contributed by atoms with E-state index < -0.39 is 0 Å². The zero-order valence-electron chi connectivity index (χ0n) is 9.82. The molecular weight excluding hydrogens is 228 g/mol. The highest BCUT2D eigenvalue weighted by atomic mass is 32.1. The Morgan fingerprint density at radius 3 is 2.76 bits per heavy atom. The van der Waals surface area contributed by atoms with Gasteiger partial charge in [0, 0.05) is 4.88 Å². The molecule has 0 amide bonds. The molecule has 86 valence electrons. The van der Waals surface area contributed by atoms with E-state index in [0.717, 1.165) is 11.2 Å². The van der Waals surface area contributed by atoms with Crippen LogP contribution in [0.2, 0.25) is 0 Å². The third kappa shape index (κ3) is 1.83. The van der Waals surface area contributed by atoms with E-state index in [4.69, 9.17) is 0 Å². The fraction of sp³-hybridized carbons (Fsp3) is 0.267. The fourth-order valence-electron chi connectivity index (χ4n) is 2.56.